The molecule has 0 saturated heterocycles. The van der Waals surface area contributed by atoms with Gasteiger partial charge in [-0.2, -0.15) is 0 Å². The number of urea groups is 1. The van der Waals surface area contributed by atoms with E-state index in [2.05, 4.69) is 10.3 Å². The van der Waals surface area contributed by atoms with Crippen LogP contribution in [-0.2, 0) is 11.3 Å². The lowest BCUT2D eigenvalue weighted by Crippen LogP contribution is -2.35. The molecule has 9 nitrogen and oxygen atoms in total. The van der Waals surface area contributed by atoms with Crippen LogP contribution in [0.3, 0.4) is 0 Å². The number of aryl methyl sites for hydroxylation is 1. The number of hydrogen-bond donors (Lipinski definition) is 3. The van der Waals surface area contributed by atoms with Gasteiger partial charge in [0.05, 0.1) is 11.4 Å². The number of rotatable bonds is 5. The Kier molecular flexibility index (Phi) is 4.28. The summed E-state index contributed by atoms with van der Waals surface area (Å²) in [5, 5.41) is 20.2. The van der Waals surface area contributed by atoms with Gasteiger partial charge in [0.25, 0.3) is 0 Å². The average Bonchev–Trinajstić information content (AvgIpc) is 3.04. The number of carbonyl (C=O) groups is 3. The van der Waals surface area contributed by atoms with Gasteiger partial charge >= 0.3 is 12.0 Å². The van der Waals surface area contributed by atoms with Gasteiger partial charge in [0.2, 0.25) is 5.91 Å². The molecule has 0 atom stereocenters. The maximum absolute atomic E-state index is 11.4. The van der Waals surface area contributed by atoms with E-state index in [1.54, 1.807) is 17.5 Å². The minimum Gasteiger partial charge on any atom is -0.476 e. The lowest BCUT2D eigenvalue weighted by atomic mass is 10.2. The lowest BCUT2D eigenvalue weighted by molar-refractivity contribution is -0.120. The Labute approximate surface area is 122 Å². The summed E-state index contributed by atoms with van der Waals surface area (Å²) in [6.45, 7) is 0.0760. The maximum atomic E-state index is 11.4. The number of nitrogens with one attached hydrogen (secondary N) is 1. The normalized spacial score (nSPS) is 10.3. The number of carbonyl (C=O) groups excluding carboxylic acids is 2. The van der Waals surface area contributed by atoms with E-state index < -0.39 is 17.9 Å². The van der Waals surface area contributed by atoms with Gasteiger partial charge in [0.1, 0.15) is 5.69 Å². The molecule has 0 aliphatic rings. The third kappa shape index (κ3) is 3.42. The fraction of sp³-hybridized carbons (Fsp3) is 0.182. The SMILES string of the molecule is NC(=O)NC(=O)CCn1nnc(C(=O)O)c1-c1cccs1. The Morgan fingerprint density at radius 2 is 2.19 bits per heavy atom. The number of nitrogens with two attached hydrogens (primary N) is 1. The van der Waals surface area contributed by atoms with Crippen molar-refractivity contribution in [2.24, 2.45) is 5.73 Å². The molecule has 4 N–H and O–H groups in total. The lowest BCUT2D eigenvalue weighted by Gasteiger charge is -2.05. The first kappa shape index (κ1) is 14.7. The largest absolute Gasteiger partial charge is 0.476 e. The highest BCUT2D eigenvalue weighted by molar-refractivity contribution is 7.13. The molecule has 0 unspecified atom stereocenters. The van der Waals surface area contributed by atoms with E-state index in [1.165, 1.54) is 16.0 Å². The molecule has 0 saturated carbocycles. The van der Waals surface area contributed by atoms with Crippen LogP contribution in [0.2, 0.25) is 0 Å². The standard InChI is InChI=1S/C11H11N5O4S/c12-11(20)13-7(17)3-4-16-9(6-2-1-5-21-6)8(10(18)19)14-15-16/h1-2,5H,3-4H2,(H,18,19)(H3,12,13,17,20). The number of carboxylic acid groups (broad SMARTS) is 1. The summed E-state index contributed by atoms with van der Waals surface area (Å²) >= 11 is 1.33. The number of carboxylic acids is 1. The molecule has 0 aromatic carbocycles. The smallest absolute Gasteiger partial charge is 0.358 e. The third-order valence-corrected chi connectivity index (χ3v) is 3.38. The van der Waals surface area contributed by atoms with Gasteiger partial charge in [-0.3, -0.25) is 10.1 Å². The highest BCUT2D eigenvalue weighted by atomic mass is 32.1. The number of thiophene rings is 1. The van der Waals surface area contributed by atoms with Crippen molar-refractivity contribution in [3.05, 3.63) is 23.2 Å². The van der Waals surface area contributed by atoms with E-state index in [-0.39, 0.29) is 18.7 Å². The van der Waals surface area contributed by atoms with Gasteiger partial charge in [-0.15, -0.1) is 16.4 Å². The number of aromatic carboxylic acids is 1. The zero-order valence-corrected chi connectivity index (χ0v) is 11.5. The number of imide groups is 1. The minimum atomic E-state index is -1.20. The van der Waals surface area contributed by atoms with Gasteiger partial charge in [-0.1, -0.05) is 11.3 Å². The van der Waals surface area contributed by atoms with Gasteiger partial charge in [-0.05, 0) is 11.4 Å². The average molecular weight is 309 g/mol. The highest BCUT2D eigenvalue weighted by Gasteiger charge is 2.21. The van der Waals surface area contributed by atoms with Crippen molar-refractivity contribution < 1.29 is 19.5 Å². The summed E-state index contributed by atoms with van der Waals surface area (Å²) in [6.07, 6.45) is -0.0796. The van der Waals surface area contributed by atoms with E-state index in [0.29, 0.717) is 10.6 Å². The number of primary amides is 1. The van der Waals surface area contributed by atoms with Crippen molar-refractivity contribution in [3.63, 3.8) is 0 Å². The van der Waals surface area contributed by atoms with E-state index in [0.717, 1.165) is 0 Å². The summed E-state index contributed by atoms with van der Waals surface area (Å²) in [6, 6.07) is 2.56. The van der Waals surface area contributed by atoms with Crippen molar-refractivity contribution in [1.29, 1.82) is 0 Å². The van der Waals surface area contributed by atoms with Crippen LogP contribution >= 0.6 is 11.3 Å². The van der Waals surface area contributed by atoms with Crippen molar-refractivity contribution in [3.8, 4) is 10.6 Å². The van der Waals surface area contributed by atoms with Gasteiger partial charge in [0, 0.05) is 6.42 Å². The molecule has 110 valence electrons. The van der Waals surface area contributed by atoms with Crippen LogP contribution in [0.1, 0.15) is 16.9 Å². The van der Waals surface area contributed by atoms with Crippen LogP contribution in [0.25, 0.3) is 10.6 Å². The first-order chi connectivity index (χ1) is 9.99. The highest BCUT2D eigenvalue weighted by Crippen LogP contribution is 2.27. The molecular formula is C11H11N5O4S. The topological polar surface area (TPSA) is 140 Å². The molecule has 0 bridgehead atoms. The Hall–Kier alpha value is -2.75. The summed E-state index contributed by atoms with van der Waals surface area (Å²) < 4.78 is 1.32. The van der Waals surface area contributed by atoms with Crippen LogP contribution in [0.5, 0.6) is 0 Å². The molecule has 0 fully saturated rings. The number of nitrogens with zero attached hydrogens (tertiary/aromatic N) is 3. The molecule has 2 heterocycles. The van der Waals surface area contributed by atoms with Crippen LogP contribution in [0.15, 0.2) is 17.5 Å². The van der Waals surface area contributed by atoms with Gasteiger partial charge in [-0.25, -0.2) is 14.3 Å². The Balaban J connectivity index is 2.22. The van der Waals surface area contributed by atoms with Gasteiger partial charge < -0.3 is 10.8 Å². The van der Waals surface area contributed by atoms with Crippen molar-refractivity contribution >= 4 is 29.2 Å². The summed E-state index contributed by atoms with van der Waals surface area (Å²) in [7, 11) is 0. The first-order valence-corrected chi connectivity index (χ1v) is 6.67. The second kappa shape index (κ2) is 6.13. The molecular weight excluding hydrogens is 298 g/mol. The Morgan fingerprint density at radius 3 is 2.76 bits per heavy atom. The second-order valence-electron chi connectivity index (χ2n) is 3.95. The molecule has 0 radical (unpaired) electrons. The predicted octanol–water partition coefficient (Wildman–Crippen LogP) is 0.290. The molecule has 0 spiro atoms. The maximum Gasteiger partial charge on any atom is 0.358 e. The quantitative estimate of drug-likeness (QED) is 0.725. The molecule has 2 aromatic rings. The third-order valence-electron chi connectivity index (χ3n) is 2.51. The zero-order chi connectivity index (χ0) is 15.4. The van der Waals surface area contributed by atoms with Crippen LogP contribution in [0.4, 0.5) is 4.79 Å². The Bertz CT molecular complexity index is 679. The van der Waals surface area contributed by atoms with Gasteiger partial charge in [0.15, 0.2) is 5.69 Å². The fourth-order valence-electron chi connectivity index (χ4n) is 1.68. The van der Waals surface area contributed by atoms with E-state index >= 15 is 0 Å². The zero-order valence-electron chi connectivity index (χ0n) is 10.6. The van der Waals surface area contributed by atoms with Crippen LogP contribution < -0.4 is 11.1 Å². The molecule has 21 heavy (non-hydrogen) atoms. The minimum absolute atomic E-state index is 0.0760. The predicted molar refractivity (Wildman–Crippen MR) is 72.6 cm³/mol. The van der Waals surface area contributed by atoms with Crippen LogP contribution in [-0.4, -0.2) is 38.0 Å². The second-order valence-corrected chi connectivity index (χ2v) is 4.90. The molecule has 2 aromatic heterocycles. The van der Waals surface area contributed by atoms with Crippen molar-refractivity contribution in [1.82, 2.24) is 20.3 Å². The number of hydrogen-bond acceptors (Lipinski definition) is 6. The van der Waals surface area contributed by atoms with E-state index in [4.69, 9.17) is 10.8 Å². The summed E-state index contributed by atoms with van der Waals surface area (Å²) in [5.74, 6) is -1.78. The summed E-state index contributed by atoms with van der Waals surface area (Å²) in [5.41, 5.74) is 4.97. The van der Waals surface area contributed by atoms with Crippen LogP contribution in [0, 0.1) is 0 Å². The molecule has 0 aliphatic carbocycles. The first-order valence-electron chi connectivity index (χ1n) is 5.79. The molecule has 2 rings (SSSR count). The number of aromatic nitrogens is 3. The van der Waals surface area contributed by atoms with E-state index in [1.807, 2.05) is 5.32 Å². The van der Waals surface area contributed by atoms with E-state index in [9.17, 15) is 14.4 Å². The molecule has 10 heteroatoms. The van der Waals surface area contributed by atoms with Crippen molar-refractivity contribution in [2.75, 3.05) is 0 Å². The summed E-state index contributed by atoms with van der Waals surface area (Å²) in [4.78, 5) is 33.8. The fourth-order valence-corrected chi connectivity index (χ4v) is 2.45. The Morgan fingerprint density at radius 1 is 1.43 bits per heavy atom. The monoisotopic (exact) mass is 309 g/mol. The number of amides is 3. The molecule has 0 aliphatic heterocycles. The van der Waals surface area contributed by atoms with Crippen molar-refractivity contribution in [2.45, 2.75) is 13.0 Å². The molecule has 3 amide bonds.